The zero-order valence-electron chi connectivity index (χ0n) is 15.4. The molecule has 1 saturated heterocycles. The largest absolute Gasteiger partial charge is 0.351 e. The molecule has 2 rings (SSSR count). The van der Waals surface area contributed by atoms with E-state index in [1.807, 2.05) is 25.7 Å². The molecule has 3 amide bonds. The third-order valence-corrected chi connectivity index (χ3v) is 4.98. The van der Waals surface area contributed by atoms with Crippen LogP contribution in [0.3, 0.4) is 0 Å². The molecular formula is C18H31N3O3. The molecule has 1 N–H and O–H groups in total. The molecule has 1 aliphatic heterocycles. The van der Waals surface area contributed by atoms with Crippen molar-refractivity contribution in [2.45, 2.75) is 58.9 Å². The molecule has 1 saturated carbocycles. The van der Waals surface area contributed by atoms with Gasteiger partial charge in [0.2, 0.25) is 17.7 Å². The van der Waals surface area contributed by atoms with E-state index in [1.165, 1.54) is 0 Å². The van der Waals surface area contributed by atoms with Gasteiger partial charge in [-0.2, -0.15) is 0 Å². The van der Waals surface area contributed by atoms with Crippen LogP contribution in [0, 0.1) is 11.8 Å². The van der Waals surface area contributed by atoms with Crippen LogP contribution in [0.1, 0.15) is 53.4 Å². The highest BCUT2D eigenvalue weighted by Gasteiger charge is 2.34. The van der Waals surface area contributed by atoms with Crippen LogP contribution in [0.25, 0.3) is 0 Å². The molecule has 24 heavy (non-hydrogen) atoms. The number of amides is 3. The number of nitrogens with one attached hydrogen (secondary N) is 1. The monoisotopic (exact) mass is 337 g/mol. The predicted octanol–water partition coefficient (Wildman–Crippen LogP) is 1.40. The van der Waals surface area contributed by atoms with Crippen molar-refractivity contribution in [3.63, 3.8) is 0 Å². The lowest BCUT2D eigenvalue weighted by Gasteiger charge is -2.37. The Morgan fingerprint density at radius 3 is 1.75 bits per heavy atom. The van der Waals surface area contributed by atoms with Gasteiger partial charge in [0.15, 0.2) is 0 Å². The van der Waals surface area contributed by atoms with E-state index in [1.54, 1.807) is 11.8 Å². The van der Waals surface area contributed by atoms with Gasteiger partial charge >= 0.3 is 0 Å². The maximum atomic E-state index is 12.7. The fourth-order valence-electron chi connectivity index (χ4n) is 3.57. The quantitative estimate of drug-likeness (QED) is 0.828. The van der Waals surface area contributed by atoms with E-state index in [4.69, 9.17) is 0 Å². The van der Waals surface area contributed by atoms with Crippen molar-refractivity contribution in [3.05, 3.63) is 0 Å². The van der Waals surface area contributed by atoms with E-state index in [0.717, 1.165) is 25.7 Å². The van der Waals surface area contributed by atoms with Crippen molar-refractivity contribution < 1.29 is 14.4 Å². The Hall–Kier alpha value is -1.59. The third-order valence-electron chi connectivity index (χ3n) is 4.98. The van der Waals surface area contributed by atoms with Crippen molar-refractivity contribution >= 4 is 17.7 Å². The maximum Gasteiger partial charge on any atom is 0.225 e. The Morgan fingerprint density at radius 2 is 1.29 bits per heavy atom. The molecule has 6 nitrogen and oxygen atoms in total. The number of hydrogen-bond acceptors (Lipinski definition) is 3. The van der Waals surface area contributed by atoms with Crippen LogP contribution in [0.5, 0.6) is 0 Å². The van der Waals surface area contributed by atoms with E-state index in [2.05, 4.69) is 5.32 Å². The average molecular weight is 337 g/mol. The molecule has 0 unspecified atom stereocenters. The topological polar surface area (TPSA) is 69.7 Å². The number of carbonyl (C=O) groups excluding carboxylic acids is 3. The number of hydrogen-bond donors (Lipinski definition) is 1. The molecule has 0 radical (unpaired) electrons. The molecule has 0 aromatic carbocycles. The Kier molecular flexibility index (Phi) is 5.88. The molecule has 2 fully saturated rings. The summed E-state index contributed by atoms with van der Waals surface area (Å²) in [5.74, 6) is 0.458. The van der Waals surface area contributed by atoms with E-state index in [0.29, 0.717) is 26.2 Å². The van der Waals surface area contributed by atoms with Crippen LogP contribution in [0.4, 0.5) is 0 Å². The Bertz CT molecular complexity index is 482. The van der Waals surface area contributed by atoms with Gasteiger partial charge in [-0.1, -0.05) is 0 Å². The van der Waals surface area contributed by atoms with Gasteiger partial charge < -0.3 is 15.1 Å². The normalized spacial score (nSPS) is 25.3. The number of piperazine rings is 1. The van der Waals surface area contributed by atoms with Gasteiger partial charge in [-0.15, -0.1) is 0 Å². The standard InChI is InChI=1S/C18H31N3O3/c1-13(22)20-9-11-21(12-10-20)17(24)15-7-5-14(6-8-15)16(23)19-18(2,3)4/h14-15H,5-12H2,1-4H3,(H,19,23). The number of rotatable bonds is 2. The van der Waals surface area contributed by atoms with Crippen LogP contribution in [-0.4, -0.2) is 59.2 Å². The fraction of sp³-hybridized carbons (Fsp3) is 0.833. The van der Waals surface area contributed by atoms with Gasteiger partial charge in [0.05, 0.1) is 0 Å². The zero-order chi connectivity index (χ0) is 17.9. The lowest BCUT2D eigenvalue weighted by molar-refractivity contribution is -0.143. The van der Waals surface area contributed by atoms with Crippen molar-refractivity contribution in [1.29, 1.82) is 0 Å². The van der Waals surface area contributed by atoms with Crippen molar-refractivity contribution in [2.75, 3.05) is 26.2 Å². The molecule has 0 spiro atoms. The van der Waals surface area contributed by atoms with E-state index >= 15 is 0 Å². The van der Waals surface area contributed by atoms with Crippen LogP contribution in [0.15, 0.2) is 0 Å². The third kappa shape index (κ3) is 4.95. The summed E-state index contributed by atoms with van der Waals surface area (Å²) in [6, 6.07) is 0. The Balaban J connectivity index is 1.79. The van der Waals surface area contributed by atoms with Gasteiger partial charge in [0.1, 0.15) is 0 Å². The van der Waals surface area contributed by atoms with E-state index < -0.39 is 0 Å². The summed E-state index contributed by atoms with van der Waals surface area (Å²) in [6.45, 7) is 10.0. The summed E-state index contributed by atoms with van der Waals surface area (Å²) in [5.41, 5.74) is -0.208. The molecule has 136 valence electrons. The van der Waals surface area contributed by atoms with Gasteiger partial charge in [-0.05, 0) is 46.5 Å². The van der Waals surface area contributed by atoms with Crippen molar-refractivity contribution in [1.82, 2.24) is 15.1 Å². The summed E-state index contributed by atoms with van der Waals surface area (Å²) in [4.78, 5) is 39.9. The molecule has 2 aliphatic rings. The molecule has 0 aromatic heterocycles. The average Bonchev–Trinajstić information content (AvgIpc) is 2.53. The minimum atomic E-state index is -0.208. The first kappa shape index (κ1) is 18.7. The minimum Gasteiger partial charge on any atom is -0.351 e. The van der Waals surface area contributed by atoms with E-state index in [9.17, 15) is 14.4 Å². The SMILES string of the molecule is CC(=O)N1CCN(C(=O)C2CCC(C(=O)NC(C)(C)C)CC2)CC1. The van der Waals surface area contributed by atoms with Crippen molar-refractivity contribution in [3.8, 4) is 0 Å². The molecule has 0 atom stereocenters. The van der Waals surface area contributed by atoms with Gasteiger partial charge in [-0.25, -0.2) is 0 Å². The van der Waals surface area contributed by atoms with Gasteiger partial charge in [0.25, 0.3) is 0 Å². The molecule has 0 bridgehead atoms. The number of carbonyl (C=O) groups is 3. The maximum absolute atomic E-state index is 12.7. The van der Waals surface area contributed by atoms with Crippen LogP contribution < -0.4 is 5.32 Å². The molecule has 0 aromatic rings. The molecule has 6 heteroatoms. The highest BCUT2D eigenvalue weighted by atomic mass is 16.2. The summed E-state index contributed by atoms with van der Waals surface area (Å²) in [7, 11) is 0. The minimum absolute atomic E-state index is 0.0304. The van der Waals surface area contributed by atoms with Gasteiger partial charge in [0, 0.05) is 50.5 Å². The first-order valence-corrected chi connectivity index (χ1v) is 9.03. The highest BCUT2D eigenvalue weighted by molar-refractivity contribution is 5.82. The summed E-state index contributed by atoms with van der Waals surface area (Å²) < 4.78 is 0. The molecular weight excluding hydrogens is 306 g/mol. The summed E-state index contributed by atoms with van der Waals surface area (Å²) in [5, 5.41) is 3.04. The van der Waals surface area contributed by atoms with Crippen molar-refractivity contribution in [2.24, 2.45) is 11.8 Å². The second-order valence-corrected chi connectivity index (χ2v) is 8.12. The fourth-order valence-corrected chi connectivity index (χ4v) is 3.57. The second-order valence-electron chi connectivity index (χ2n) is 8.12. The van der Waals surface area contributed by atoms with Crippen LogP contribution >= 0.6 is 0 Å². The molecule has 1 heterocycles. The summed E-state index contributed by atoms with van der Waals surface area (Å²) >= 11 is 0. The first-order valence-electron chi connectivity index (χ1n) is 9.03. The van der Waals surface area contributed by atoms with Crippen LogP contribution in [0.2, 0.25) is 0 Å². The second kappa shape index (κ2) is 7.53. The molecule has 1 aliphatic carbocycles. The van der Waals surface area contributed by atoms with Gasteiger partial charge in [-0.3, -0.25) is 14.4 Å². The lowest BCUT2D eigenvalue weighted by Crippen LogP contribution is -2.52. The van der Waals surface area contributed by atoms with E-state index in [-0.39, 0.29) is 35.1 Å². The predicted molar refractivity (Wildman–Crippen MR) is 92.2 cm³/mol. The Morgan fingerprint density at radius 1 is 0.833 bits per heavy atom. The van der Waals surface area contributed by atoms with Crippen LogP contribution in [-0.2, 0) is 14.4 Å². The first-order chi connectivity index (χ1) is 11.2. The Labute approximate surface area is 144 Å². The summed E-state index contributed by atoms with van der Waals surface area (Å²) in [6.07, 6.45) is 3.14. The zero-order valence-corrected chi connectivity index (χ0v) is 15.4. The smallest absolute Gasteiger partial charge is 0.225 e. The lowest BCUT2D eigenvalue weighted by atomic mass is 9.80. The number of nitrogens with zero attached hydrogens (tertiary/aromatic N) is 2. The highest BCUT2D eigenvalue weighted by Crippen LogP contribution is 2.30.